The Bertz CT molecular complexity index is 1090. The van der Waals surface area contributed by atoms with Crippen LogP contribution in [-0.2, 0) is 16.0 Å². The molecular formula is C25H22N2O3. The number of para-hydroxylation sites is 1. The van der Waals surface area contributed by atoms with E-state index in [4.69, 9.17) is 0 Å². The van der Waals surface area contributed by atoms with Crippen molar-refractivity contribution in [1.29, 1.82) is 0 Å². The lowest BCUT2D eigenvalue weighted by Crippen LogP contribution is -2.30. The highest BCUT2D eigenvalue weighted by molar-refractivity contribution is 6.09. The lowest BCUT2D eigenvalue weighted by molar-refractivity contribution is -0.121. The van der Waals surface area contributed by atoms with Gasteiger partial charge in [-0.05, 0) is 36.6 Å². The highest BCUT2D eigenvalue weighted by Crippen LogP contribution is 2.27. The number of carbonyl (C=O) groups excluding carboxylic acids is 3. The molecule has 0 spiro atoms. The minimum atomic E-state index is -0.225. The van der Waals surface area contributed by atoms with Crippen molar-refractivity contribution in [2.24, 2.45) is 5.92 Å². The maximum atomic E-state index is 12.6. The zero-order valence-corrected chi connectivity index (χ0v) is 16.4. The van der Waals surface area contributed by atoms with Crippen LogP contribution in [0.2, 0.25) is 0 Å². The van der Waals surface area contributed by atoms with E-state index < -0.39 is 0 Å². The fourth-order valence-corrected chi connectivity index (χ4v) is 3.67. The number of benzene rings is 3. The molecule has 1 atom stereocenters. The molecule has 0 fully saturated rings. The number of ketones is 1. The highest BCUT2D eigenvalue weighted by Gasteiger charge is 2.26. The van der Waals surface area contributed by atoms with Crippen LogP contribution < -0.4 is 10.6 Å². The lowest BCUT2D eigenvalue weighted by Gasteiger charge is -2.24. The second-order valence-corrected chi connectivity index (χ2v) is 7.41. The first-order valence-corrected chi connectivity index (χ1v) is 9.98. The molecule has 30 heavy (non-hydrogen) atoms. The van der Waals surface area contributed by atoms with Crippen LogP contribution >= 0.6 is 0 Å². The molecule has 1 unspecified atom stereocenters. The summed E-state index contributed by atoms with van der Waals surface area (Å²) in [6.45, 7) is 0. The summed E-state index contributed by atoms with van der Waals surface area (Å²) >= 11 is 0. The van der Waals surface area contributed by atoms with Gasteiger partial charge in [0.05, 0.1) is 0 Å². The average molecular weight is 398 g/mol. The molecule has 4 rings (SSSR count). The maximum absolute atomic E-state index is 12.6. The quantitative estimate of drug-likeness (QED) is 0.603. The smallest absolute Gasteiger partial charge is 0.227 e. The van der Waals surface area contributed by atoms with Gasteiger partial charge in [0.2, 0.25) is 11.8 Å². The number of carbonyl (C=O) groups is 3. The van der Waals surface area contributed by atoms with Crippen LogP contribution in [0.3, 0.4) is 0 Å². The summed E-state index contributed by atoms with van der Waals surface area (Å²) in [5.41, 5.74) is 3.63. The number of rotatable bonds is 6. The van der Waals surface area contributed by atoms with E-state index in [0.717, 1.165) is 11.3 Å². The number of hydrogen-bond acceptors (Lipinski definition) is 3. The van der Waals surface area contributed by atoms with E-state index in [9.17, 15) is 14.4 Å². The van der Waals surface area contributed by atoms with Crippen LogP contribution in [-0.4, -0.2) is 17.6 Å². The third-order valence-corrected chi connectivity index (χ3v) is 5.28. The Morgan fingerprint density at radius 2 is 1.63 bits per heavy atom. The molecule has 1 aliphatic heterocycles. The van der Waals surface area contributed by atoms with Gasteiger partial charge in [0.1, 0.15) is 0 Å². The fraction of sp³-hybridized carbons (Fsp3) is 0.160. The van der Waals surface area contributed by atoms with Gasteiger partial charge in [-0.15, -0.1) is 0 Å². The van der Waals surface area contributed by atoms with Crippen molar-refractivity contribution in [3.63, 3.8) is 0 Å². The molecule has 3 aromatic rings. The first kappa shape index (κ1) is 19.6. The fourth-order valence-electron chi connectivity index (χ4n) is 3.67. The molecule has 5 nitrogen and oxygen atoms in total. The van der Waals surface area contributed by atoms with E-state index in [-0.39, 0.29) is 29.9 Å². The van der Waals surface area contributed by atoms with Crippen LogP contribution in [0.25, 0.3) is 0 Å². The summed E-state index contributed by atoms with van der Waals surface area (Å²) in [5.74, 6) is -0.538. The van der Waals surface area contributed by atoms with Gasteiger partial charge in [-0.1, -0.05) is 60.7 Å². The van der Waals surface area contributed by atoms with Crippen LogP contribution in [0, 0.1) is 5.92 Å². The molecule has 0 radical (unpaired) electrons. The average Bonchev–Trinajstić information content (AvgIpc) is 2.78. The normalized spacial score (nSPS) is 15.1. The van der Waals surface area contributed by atoms with E-state index in [1.54, 1.807) is 36.4 Å². The molecule has 0 saturated heterocycles. The van der Waals surface area contributed by atoms with Crippen molar-refractivity contribution in [3.8, 4) is 0 Å². The summed E-state index contributed by atoms with van der Waals surface area (Å²) in [4.78, 5) is 37.3. The van der Waals surface area contributed by atoms with Crippen LogP contribution in [0.4, 0.5) is 11.4 Å². The summed E-state index contributed by atoms with van der Waals surface area (Å²) in [6, 6.07) is 23.7. The Kier molecular flexibility index (Phi) is 5.70. The van der Waals surface area contributed by atoms with Crippen molar-refractivity contribution in [2.45, 2.75) is 19.3 Å². The number of amides is 2. The minimum Gasteiger partial charge on any atom is -0.326 e. The summed E-state index contributed by atoms with van der Waals surface area (Å²) in [6.07, 6.45) is 1.34. The Hall–Kier alpha value is -3.73. The largest absolute Gasteiger partial charge is 0.326 e. The number of anilines is 2. The van der Waals surface area contributed by atoms with Gasteiger partial charge < -0.3 is 10.6 Å². The van der Waals surface area contributed by atoms with E-state index in [1.807, 2.05) is 42.5 Å². The van der Waals surface area contributed by atoms with Gasteiger partial charge in [0.25, 0.3) is 0 Å². The standard InChI is InChI=1S/C25H22N2O3/c28-23(14-13-20-15-18-9-4-5-12-22(18)27-25(20)30)26-21-11-6-10-19(16-21)24(29)17-7-2-1-3-8-17/h1-12,16,20H,13-15H2,(H,26,28)(H,27,30). The molecule has 5 heteroatoms. The molecule has 1 aliphatic rings. The summed E-state index contributed by atoms with van der Waals surface area (Å²) in [7, 11) is 0. The SMILES string of the molecule is O=C(CCC1Cc2ccccc2NC1=O)Nc1cccc(C(=O)c2ccccc2)c1. The number of nitrogens with one attached hydrogen (secondary N) is 2. The number of fused-ring (bicyclic) bond motifs is 1. The van der Waals surface area contributed by atoms with Gasteiger partial charge in [0.15, 0.2) is 5.78 Å². The molecule has 0 aromatic heterocycles. The zero-order chi connectivity index (χ0) is 20.9. The first-order valence-electron chi connectivity index (χ1n) is 9.98. The Morgan fingerprint density at radius 1 is 0.900 bits per heavy atom. The Morgan fingerprint density at radius 3 is 2.47 bits per heavy atom. The Labute approximate surface area is 175 Å². The molecule has 0 aliphatic carbocycles. The van der Waals surface area contributed by atoms with E-state index in [1.165, 1.54) is 0 Å². The van der Waals surface area contributed by atoms with Gasteiger partial charge in [-0.25, -0.2) is 0 Å². The third-order valence-electron chi connectivity index (χ3n) is 5.28. The lowest BCUT2D eigenvalue weighted by atomic mass is 9.89. The second-order valence-electron chi connectivity index (χ2n) is 7.41. The minimum absolute atomic E-state index is 0.0445. The van der Waals surface area contributed by atoms with Gasteiger partial charge in [-0.3, -0.25) is 14.4 Å². The second kappa shape index (κ2) is 8.74. The monoisotopic (exact) mass is 398 g/mol. The van der Waals surface area contributed by atoms with Crippen LogP contribution in [0.5, 0.6) is 0 Å². The van der Waals surface area contributed by atoms with Crippen molar-refractivity contribution in [2.75, 3.05) is 10.6 Å². The third kappa shape index (κ3) is 4.46. The molecule has 1 heterocycles. The van der Waals surface area contributed by atoms with Crippen LogP contribution in [0.1, 0.15) is 34.3 Å². The van der Waals surface area contributed by atoms with Crippen molar-refractivity contribution in [1.82, 2.24) is 0 Å². The predicted octanol–water partition coefficient (Wildman–Crippen LogP) is 4.45. The molecular weight excluding hydrogens is 376 g/mol. The molecule has 3 aromatic carbocycles. The number of hydrogen-bond donors (Lipinski definition) is 2. The van der Waals surface area contributed by atoms with Gasteiger partial charge >= 0.3 is 0 Å². The van der Waals surface area contributed by atoms with Gasteiger partial charge in [0, 0.05) is 34.8 Å². The summed E-state index contributed by atoms with van der Waals surface area (Å²) in [5, 5.41) is 5.75. The first-order chi connectivity index (χ1) is 14.6. The molecule has 0 saturated carbocycles. The zero-order valence-electron chi connectivity index (χ0n) is 16.4. The highest BCUT2D eigenvalue weighted by atomic mass is 16.2. The molecule has 150 valence electrons. The van der Waals surface area contributed by atoms with Crippen molar-refractivity contribution < 1.29 is 14.4 Å². The molecule has 0 bridgehead atoms. The van der Waals surface area contributed by atoms with E-state index >= 15 is 0 Å². The van der Waals surface area contributed by atoms with Gasteiger partial charge in [-0.2, -0.15) is 0 Å². The maximum Gasteiger partial charge on any atom is 0.227 e. The Balaban J connectivity index is 1.36. The topological polar surface area (TPSA) is 75.3 Å². The van der Waals surface area contributed by atoms with Crippen molar-refractivity contribution in [3.05, 3.63) is 95.6 Å². The van der Waals surface area contributed by atoms with Crippen molar-refractivity contribution >= 4 is 29.0 Å². The molecule has 2 amide bonds. The predicted molar refractivity (Wildman–Crippen MR) is 116 cm³/mol. The van der Waals surface area contributed by atoms with E-state index in [2.05, 4.69) is 10.6 Å². The summed E-state index contributed by atoms with van der Waals surface area (Å²) < 4.78 is 0. The van der Waals surface area contributed by atoms with Crippen LogP contribution in [0.15, 0.2) is 78.9 Å². The molecule has 2 N–H and O–H groups in total. The van der Waals surface area contributed by atoms with E-state index in [0.29, 0.717) is 29.7 Å².